The number of azide groups is 1. The van der Waals surface area contributed by atoms with Crippen LogP contribution in [0.15, 0.2) is 96.0 Å². The molecule has 0 aliphatic carbocycles. The third kappa shape index (κ3) is 3.54. The average molecular weight is 383 g/mol. The van der Waals surface area contributed by atoms with E-state index in [9.17, 15) is 13.5 Å². The third-order valence-electron chi connectivity index (χ3n) is 3.90. The lowest BCUT2D eigenvalue weighted by molar-refractivity contribution is 0.397. The Labute approximate surface area is 154 Å². The van der Waals surface area contributed by atoms with E-state index in [2.05, 4.69) is 29.9 Å². The van der Waals surface area contributed by atoms with Crippen LogP contribution in [0.2, 0.25) is 0 Å². The van der Waals surface area contributed by atoms with E-state index in [-0.39, 0.29) is 16.5 Å². The van der Waals surface area contributed by atoms with Crippen molar-refractivity contribution in [2.45, 2.75) is 17.4 Å². The van der Waals surface area contributed by atoms with Gasteiger partial charge < -0.3 is 5.11 Å². The maximum Gasteiger partial charge on any atom is 0.264 e. The van der Waals surface area contributed by atoms with Gasteiger partial charge in [0.15, 0.2) is 11.2 Å². The summed E-state index contributed by atoms with van der Waals surface area (Å²) in [6, 6.07) is 14.5. The van der Waals surface area contributed by atoms with E-state index < -0.39 is 15.6 Å². The van der Waals surface area contributed by atoms with E-state index in [0.29, 0.717) is 11.3 Å². The Morgan fingerprint density at radius 2 is 1.74 bits per heavy atom. The summed E-state index contributed by atoms with van der Waals surface area (Å²) in [5.41, 5.74) is 8.43. The molecule has 0 saturated heterocycles. The number of hydrogen-bond acceptors (Lipinski definition) is 7. The number of benzene rings is 2. The second-order valence-corrected chi connectivity index (χ2v) is 7.24. The lowest BCUT2D eigenvalue weighted by atomic mass is 9.90. The van der Waals surface area contributed by atoms with Gasteiger partial charge >= 0.3 is 0 Å². The zero-order valence-electron chi connectivity index (χ0n) is 14.0. The highest BCUT2D eigenvalue weighted by molar-refractivity contribution is 7.90. The molecule has 27 heavy (non-hydrogen) atoms. The molecule has 2 aromatic carbocycles. The number of hydrogen-bond donors (Lipinski definition) is 1. The fourth-order valence-electron chi connectivity index (χ4n) is 2.45. The van der Waals surface area contributed by atoms with E-state index in [4.69, 9.17) is 5.53 Å². The molecule has 11 heteroatoms. The molecule has 1 aliphatic heterocycles. The smallest absolute Gasteiger partial charge is 0.264 e. The fourth-order valence-corrected chi connectivity index (χ4v) is 3.12. The van der Waals surface area contributed by atoms with Gasteiger partial charge in [-0.25, -0.2) is 8.42 Å². The average Bonchev–Trinajstić information content (AvgIpc) is 2.96. The van der Waals surface area contributed by atoms with Crippen molar-refractivity contribution in [1.29, 1.82) is 0 Å². The van der Waals surface area contributed by atoms with Crippen LogP contribution in [0, 0.1) is 0 Å². The molecule has 0 aromatic heterocycles. The number of azo groups is 2. The predicted molar refractivity (Wildman–Crippen MR) is 95.6 cm³/mol. The molecule has 10 nitrogen and oxygen atoms in total. The minimum Gasteiger partial charge on any atom is -0.491 e. The molecule has 1 unspecified atom stereocenters. The molecule has 3 rings (SSSR count). The standard InChI is InChI=1S/C16H13N7O3S/c1-16(11-7-9-13(10-8-11)27(25,26)23-22-17)14(15(24)20-21-16)19-18-12-5-3-2-4-6-12/h2-10,24H,1H3. The summed E-state index contributed by atoms with van der Waals surface area (Å²) in [5.74, 6) is -0.372. The van der Waals surface area contributed by atoms with Crippen LogP contribution in [0.4, 0.5) is 5.69 Å². The molecule has 1 N–H and O–H groups in total. The number of aliphatic hydroxyl groups is 1. The third-order valence-corrected chi connectivity index (χ3v) is 5.05. The molecule has 2 aromatic rings. The Morgan fingerprint density at radius 3 is 2.37 bits per heavy atom. The Hall–Kier alpha value is -3.56. The van der Waals surface area contributed by atoms with Gasteiger partial charge in [-0.1, -0.05) is 30.3 Å². The van der Waals surface area contributed by atoms with Gasteiger partial charge in [-0.2, -0.15) is 10.2 Å². The zero-order chi connectivity index (χ0) is 19.5. The van der Waals surface area contributed by atoms with Gasteiger partial charge in [0.1, 0.15) is 0 Å². The number of rotatable bonds is 5. The Morgan fingerprint density at radius 1 is 1.07 bits per heavy atom. The van der Waals surface area contributed by atoms with Crippen molar-refractivity contribution in [2.75, 3.05) is 0 Å². The molecule has 1 atom stereocenters. The quantitative estimate of drug-likeness (QED) is 0.444. The van der Waals surface area contributed by atoms with E-state index in [1.54, 1.807) is 31.2 Å². The van der Waals surface area contributed by atoms with E-state index in [1.165, 1.54) is 24.3 Å². The lowest BCUT2D eigenvalue weighted by Gasteiger charge is -2.20. The lowest BCUT2D eigenvalue weighted by Crippen LogP contribution is -2.19. The SMILES string of the molecule is CC1(c2ccc(S(=O)(=O)N=[N+]=[N-])cc2)N=NC(O)=C1N=Nc1ccccc1. The zero-order valence-corrected chi connectivity index (χ0v) is 14.8. The van der Waals surface area contributed by atoms with Crippen LogP contribution in [-0.4, -0.2) is 13.5 Å². The second-order valence-electron chi connectivity index (χ2n) is 5.65. The van der Waals surface area contributed by atoms with Gasteiger partial charge in [0.2, 0.25) is 0 Å². The van der Waals surface area contributed by atoms with E-state index >= 15 is 0 Å². The molecule has 0 spiro atoms. The van der Waals surface area contributed by atoms with Crippen molar-refractivity contribution in [3.05, 3.63) is 82.2 Å². The van der Waals surface area contributed by atoms with Crippen LogP contribution in [-0.2, 0) is 15.6 Å². The maximum absolute atomic E-state index is 11.8. The van der Waals surface area contributed by atoms with Gasteiger partial charge in [0, 0.05) is 9.43 Å². The highest BCUT2D eigenvalue weighted by Gasteiger charge is 2.39. The number of sulfonamides is 1. The van der Waals surface area contributed by atoms with Crippen molar-refractivity contribution in [1.82, 2.24) is 0 Å². The summed E-state index contributed by atoms with van der Waals surface area (Å²) in [6.45, 7) is 1.66. The number of aliphatic hydroxyl groups excluding tert-OH is 1. The molecule has 1 aliphatic rings. The van der Waals surface area contributed by atoms with Crippen LogP contribution in [0.3, 0.4) is 0 Å². The van der Waals surface area contributed by atoms with Crippen molar-refractivity contribution in [3.8, 4) is 0 Å². The van der Waals surface area contributed by atoms with Crippen molar-refractivity contribution >= 4 is 15.7 Å². The highest BCUT2D eigenvalue weighted by Crippen LogP contribution is 2.41. The topological polar surface area (TPSA) is 153 Å². The van der Waals surface area contributed by atoms with Crippen molar-refractivity contribution in [3.63, 3.8) is 0 Å². The molecule has 136 valence electrons. The van der Waals surface area contributed by atoms with Crippen molar-refractivity contribution in [2.24, 2.45) is 25.0 Å². The van der Waals surface area contributed by atoms with Gasteiger partial charge in [-0.3, -0.25) is 0 Å². The van der Waals surface area contributed by atoms with E-state index in [1.807, 2.05) is 6.07 Å². The summed E-state index contributed by atoms with van der Waals surface area (Å²) < 4.78 is 26.3. The molecular weight excluding hydrogens is 370 g/mol. The first kappa shape index (κ1) is 18.2. The molecule has 0 radical (unpaired) electrons. The van der Waals surface area contributed by atoms with Gasteiger partial charge in [-0.05, 0) is 42.3 Å². The Bertz CT molecular complexity index is 1100. The Kier molecular flexibility index (Phi) is 4.72. The van der Waals surface area contributed by atoms with Crippen LogP contribution < -0.4 is 0 Å². The monoisotopic (exact) mass is 383 g/mol. The molecule has 0 amide bonds. The van der Waals surface area contributed by atoms with Crippen LogP contribution in [0.1, 0.15) is 12.5 Å². The minimum absolute atomic E-state index is 0.122. The minimum atomic E-state index is -4.09. The molecule has 1 heterocycles. The van der Waals surface area contributed by atoms with Gasteiger partial charge in [0.05, 0.1) is 10.6 Å². The number of nitrogens with zero attached hydrogens (tertiary/aromatic N) is 7. The summed E-state index contributed by atoms with van der Waals surface area (Å²) in [5, 5.41) is 25.9. The van der Waals surface area contributed by atoms with Crippen LogP contribution in [0.5, 0.6) is 0 Å². The summed E-state index contributed by atoms with van der Waals surface area (Å²) in [6.07, 6.45) is 0. The molecular formula is C16H13N7O3S. The first-order chi connectivity index (χ1) is 12.9. The summed E-state index contributed by atoms with van der Waals surface area (Å²) in [4.78, 5) is 2.14. The van der Waals surface area contributed by atoms with Crippen LogP contribution >= 0.6 is 0 Å². The van der Waals surface area contributed by atoms with Gasteiger partial charge in [-0.15, -0.1) is 10.2 Å². The van der Waals surface area contributed by atoms with E-state index in [0.717, 1.165) is 0 Å². The summed E-state index contributed by atoms with van der Waals surface area (Å²) >= 11 is 0. The summed E-state index contributed by atoms with van der Waals surface area (Å²) in [7, 11) is -4.09. The molecule has 0 fully saturated rings. The predicted octanol–water partition coefficient (Wildman–Crippen LogP) is 4.88. The maximum atomic E-state index is 11.8. The van der Waals surface area contributed by atoms with Crippen LogP contribution in [0.25, 0.3) is 10.4 Å². The first-order valence-electron chi connectivity index (χ1n) is 7.62. The largest absolute Gasteiger partial charge is 0.491 e. The second kappa shape index (κ2) is 6.98. The normalized spacial score (nSPS) is 19.4. The molecule has 0 bridgehead atoms. The first-order valence-corrected chi connectivity index (χ1v) is 9.06. The van der Waals surface area contributed by atoms with Gasteiger partial charge in [0.25, 0.3) is 15.9 Å². The molecule has 0 saturated carbocycles. The fraction of sp³-hybridized carbons (Fsp3) is 0.125. The Balaban J connectivity index is 1.96. The van der Waals surface area contributed by atoms with Crippen molar-refractivity contribution < 1.29 is 13.5 Å². The highest BCUT2D eigenvalue weighted by atomic mass is 32.2.